The average Bonchev–Trinajstić information content (AvgIpc) is 2.66. The summed E-state index contributed by atoms with van der Waals surface area (Å²) in [6.07, 6.45) is 1.22. The second-order valence-electron chi connectivity index (χ2n) is 6.64. The number of nitrogens with zero attached hydrogens (tertiary/aromatic N) is 1. The summed E-state index contributed by atoms with van der Waals surface area (Å²) in [5.41, 5.74) is 3.47. The van der Waals surface area contributed by atoms with Crippen molar-refractivity contribution in [2.45, 2.75) is 18.9 Å². The van der Waals surface area contributed by atoms with Crippen LogP contribution in [0, 0.1) is 0 Å². The lowest BCUT2D eigenvalue weighted by atomic mass is 9.87. The van der Waals surface area contributed by atoms with Crippen molar-refractivity contribution in [1.29, 1.82) is 0 Å². The van der Waals surface area contributed by atoms with Gasteiger partial charge in [-0.05, 0) is 41.7 Å². The molecule has 0 spiro atoms. The molecule has 1 aliphatic rings. The minimum absolute atomic E-state index is 0.00356. The topological polar surface area (TPSA) is 76.1 Å². The lowest BCUT2D eigenvalue weighted by molar-refractivity contribution is 0.212. The van der Waals surface area contributed by atoms with Crippen LogP contribution < -0.4 is 9.47 Å². The number of ether oxygens (including phenoxy) is 2. The predicted octanol–water partition coefficient (Wildman–Crippen LogP) is 2.93. The van der Waals surface area contributed by atoms with Crippen LogP contribution in [0.25, 0.3) is 0 Å². The molecule has 0 fully saturated rings. The maximum Gasteiger partial charge on any atom is 0.264 e. The van der Waals surface area contributed by atoms with Crippen LogP contribution in [0.2, 0.25) is 0 Å². The molecule has 1 heterocycles. The fourth-order valence-electron chi connectivity index (χ4n) is 3.71. The molecule has 2 aromatic carbocycles. The van der Waals surface area contributed by atoms with E-state index in [0.29, 0.717) is 24.5 Å². The van der Waals surface area contributed by atoms with Gasteiger partial charge in [0.1, 0.15) is 0 Å². The molecule has 0 amide bonds. The molecule has 0 aliphatic carbocycles. The highest BCUT2D eigenvalue weighted by Crippen LogP contribution is 2.40. The van der Waals surface area contributed by atoms with Gasteiger partial charge in [0.25, 0.3) is 10.1 Å². The molecule has 6 nitrogen and oxygen atoms in total. The molecule has 146 valence electrons. The van der Waals surface area contributed by atoms with Crippen LogP contribution in [-0.2, 0) is 16.5 Å². The Labute approximate surface area is 160 Å². The van der Waals surface area contributed by atoms with Gasteiger partial charge in [-0.3, -0.25) is 9.45 Å². The third-order valence-corrected chi connectivity index (χ3v) is 5.74. The van der Waals surface area contributed by atoms with Gasteiger partial charge in [-0.2, -0.15) is 8.42 Å². The molecule has 0 unspecified atom stereocenters. The summed E-state index contributed by atoms with van der Waals surface area (Å²) in [6.45, 7) is 1.38. The molecule has 0 aromatic heterocycles. The van der Waals surface area contributed by atoms with E-state index in [1.807, 2.05) is 30.3 Å². The van der Waals surface area contributed by atoms with Crippen LogP contribution >= 0.6 is 0 Å². The van der Waals surface area contributed by atoms with Crippen molar-refractivity contribution < 1.29 is 22.4 Å². The Hall–Kier alpha value is -2.09. The smallest absolute Gasteiger partial charge is 0.264 e. The summed E-state index contributed by atoms with van der Waals surface area (Å²) in [6, 6.07) is 14.2. The van der Waals surface area contributed by atoms with Crippen molar-refractivity contribution in [2.75, 3.05) is 33.1 Å². The maximum absolute atomic E-state index is 11.1. The largest absolute Gasteiger partial charge is 0.493 e. The molecule has 2 aromatic rings. The van der Waals surface area contributed by atoms with Crippen molar-refractivity contribution in [3.05, 3.63) is 59.2 Å². The number of fused-ring (bicyclic) bond motifs is 1. The first-order chi connectivity index (χ1) is 12.9. The summed E-state index contributed by atoms with van der Waals surface area (Å²) in [4.78, 5) is 2.26. The molecule has 1 aliphatic heterocycles. The normalized spacial score (nSPS) is 17.4. The second-order valence-corrected chi connectivity index (χ2v) is 8.22. The Balaban J connectivity index is 1.98. The van der Waals surface area contributed by atoms with Gasteiger partial charge in [-0.15, -0.1) is 0 Å². The maximum atomic E-state index is 11.1. The van der Waals surface area contributed by atoms with Crippen molar-refractivity contribution in [3.63, 3.8) is 0 Å². The second kappa shape index (κ2) is 8.29. The zero-order valence-corrected chi connectivity index (χ0v) is 16.4. The monoisotopic (exact) mass is 391 g/mol. The van der Waals surface area contributed by atoms with Gasteiger partial charge in [0, 0.05) is 13.1 Å². The van der Waals surface area contributed by atoms with E-state index in [0.717, 1.165) is 24.1 Å². The van der Waals surface area contributed by atoms with Gasteiger partial charge in [0.15, 0.2) is 11.5 Å². The quantitative estimate of drug-likeness (QED) is 0.732. The fraction of sp³-hybridized carbons (Fsp3) is 0.400. The molecule has 0 radical (unpaired) electrons. The Kier molecular flexibility index (Phi) is 6.04. The molecule has 0 saturated carbocycles. The van der Waals surface area contributed by atoms with Gasteiger partial charge in [-0.25, -0.2) is 0 Å². The number of hydrogen-bond acceptors (Lipinski definition) is 5. The van der Waals surface area contributed by atoms with Crippen molar-refractivity contribution in [2.24, 2.45) is 0 Å². The predicted molar refractivity (Wildman–Crippen MR) is 104 cm³/mol. The van der Waals surface area contributed by atoms with Gasteiger partial charge >= 0.3 is 0 Å². The molecule has 0 saturated heterocycles. The van der Waals surface area contributed by atoms with E-state index in [9.17, 15) is 8.42 Å². The van der Waals surface area contributed by atoms with Crippen LogP contribution in [0.1, 0.15) is 29.2 Å². The Morgan fingerprint density at radius 3 is 2.41 bits per heavy atom. The minimum atomic E-state index is -3.95. The highest BCUT2D eigenvalue weighted by Gasteiger charge is 2.30. The molecule has 1 atom stereocenters. The SMILES string of the molecule is COc1cc2c(cc1OC)[C@@H](c1ccccc1)N(CCCS(=O)(=O)O)CC2. The van der Waals surface area contributed by atoms with Crippen LogP contribution in [0.15, 0.2) is 42.5 Å². The van der Waals surface area contributed by atoms with Crippen LogP contribution in [0.4, 0.5) is 0 Å². The fourth-order valence-corrected chi connectivity index (χ4v) is 4.21. The zero-order valence-electron chi connectivity index (χ0n) is 15.6. The first-order valence-electron chi connectivity index (χ1n) is 8.92. The van der Waals surface area contributed by atoms with Gasteiger partial charge in [-0.1, -0.05) is 30.3 Å². The first-order valence-corrected chi connectivity index (χ1v) is 10.5. The number of rotatable bonds is 7. The Morgan fingerprint density at radius 1 is 1.11 bits per heavy atom. The minimum Gasteiger partial charge on any atom is -0.493 e. The van der Waals surface area contributed by atoms with Gasteiger partial charge in [0.2, 0.25) is 0 Å². The number of hydrogen-bond donors (Lipinski definition) is 1. The molecule has 0 bridgehead atoms. The average molecular weight is 391 g/mol. The third-order valence-electron chi connectivity index (χ3n) is 4.94. The van der Waals surface area contributed by atoms with E-state index >= 15 is 0 Å². The standard InChI is InChI=1S/C20H25NO5S/c1-25-18-13-16-9-11-21(10-6-12-27(22,23)24)20(15-7-4-3-5-8-15)17(16)14-19(18)26-2/h3-5,7-8,13-14,20H,6,9-12H2,1-2H3,(H,22,23,24)/t20-/m1/s1. The van der Waals surface area contributed by atoms with E-state index < -0.39 is 10.1 Å². The van der Waals surface area contributed by atoms with E-state index in [2.05, 4.69) is 17.0 Å². The molecule has 27 heavy (non-hydrogen) atoms. The third kappa shape index (κ3) is 4.61. The van der Waals surface area contributed by atoms with Crippen LogP contribution in [-0.4, -0.2) is 50.9 Å². The van der Waals surface area contributed by atoms with Crippen molar-refractivity contribution in [1.82, 2.24) is 4.90 Å². The summed E-state index contributed by atoms with van der Waals surface area (Å²) in [7, 11) is -0.703. The van der Waals surface area contributed by atoms with E-state index in [4.69, 9.17) is 14.0 Å². The highest BCUT2D eigenvalue weighted by atomic mass is 32.2. The van der Waals surface area contributed by atoms with Crippen molar-refractivity contribution >= 4 is 10.1 Å². The molecular formula is C20H25NO5S. The van der Waals surface area contributed by atoms with E-state index in [-0.39, 0.29) is 11.8 Å². The summed E-state index contributed by atoms with van der Waals surface area (Å²) < 4.78 is 42.1. The summed E-state index contributed by atoms with van der Waals surface area (Å²) >= 11 is 0. The van der Waals surface area contributed by atoms with E-state index in [1.165, 1.54) is 5.56 Å². The van der Waals surface area contributed by atoms with Crippen LogP contribution in [0.3, 0.4) is 0 Å². The highest BCUT2D eigenvalue weighted by molar-refractivity contribution is 7.85. The van der Waals surface area contributed by atoms with Gasteiger partial charge in [0.05, 0.1) is 26.0 Å². The molecule has 3 rings (SSSR count). The Morgan fingerprint density at radius 2 is 1.78 bits per heavy atom. The van der Waals surface area contributed by atoms with Crippen LogP contribution in [0.5, 0.6) is 11.5 Å². The first kappa shape index (κ1) is 19.7. The van der Waals surface area contributed by atoms with Gasteiger partial charge < -0.3 is 9.47 Å². The summed E-state index contributed by atoms with van der Waals surface area (Å²) in [5, 5.41) is 0. The summed E-state index contributed by atoms with van der Waals surface area (Å²) in [5.74, 6) is 1.16. The lowest BCUT2D eigenvalue weighted by Crippen LogP contribution is -2.37. The van der Waals surface area contributed by atoms with Crippen molar-refractivity contribution in [3.8, 4) is 11.5 Å². The Bertz CT molecular complexity index is 883. The molecule has 7 heteroatoms. The number of methoxy groups -OCH3 is 2. The number of benzene rings is 2. The molecule has 1 N–H and O–H groups in total. The van der Waals surface area contributed by atoms with E-state index in [1.54, 1.807) is 14.2 Å². The zero-order chi connectivity index (χ0) is 19.4. The lowest BCUT2D eigenvalue weighted by Gasteiger charge is -2.38. The molecular weight excluding hydrogens is 366 g/mol.